The highest BCUT2D eigenvalue weighted by atomic mass is 35.5. The summed E-state index contributed by atoms with van der Waals surface area (Å²) < 4.78 is 10.5. The van der Waals surface area contributed by atoms with E-state index in [9.17, 15) is 4.79 Å². The van der Waals surface area contributed by atoms with Gasteiger partial charge in [0.1, 0.15) is 0 Å². The van der Waals surface area contributed by atoms with Crippen molar-refractivity contribution in [3.8, 4) is 11.5 Å². The molecule has 3 rings (SSSR count). The lowest BCUT2D eigenvalue weighted by atomic mass is 10.0. The average Bonchev–Trinajstić information content (AvgIpc) is 2.59. The van der Waals surface area contributed by atoms with Gasteiger partial charge < -0.3 is 14.4 Å². The van der Waals surface area contributed by atoms with Gasteiger partial charge in [0.2, 0.25) is 0 Å². The van der Waals surface area contributed by atoms with Gasteiger partial charge in [-0.3, -0.25) is 4.79 Å². The predicted molar refractivity (Wildman–Crippen MR) is 91.0 cm³/mol. The number of hydrogen-bond acceptors (Lipinski definition) is 3. The normalized spacial score (nSPS) is 13.4. The summed E-state index contributed by atoms with van der Waals surface area (Å²) in [4.78, 5) is 14.8. The van der Waals surface area contributed by atoms with E-state index in [1.54, 1.807) is 17.0 Å². The van der Waals surface area contributed by atoms with Crippen molar-refractivity contribution in [1.29, 1.82) is 0 Å². The molecule has 0 N–H and O–H groups in total. The minimum atomic E-state index is -0.0833. The van der Waals surface area contributed by atoms with Crippen LogP contribution in [0.1, 0.15) is 22.3 Å². The lowest BCUT2D eigenvalue weighted by Gasteiger charge is -2.29. The molecule has 0 fully saturated rings. The average molecular weight is 332 g/mol. The zero-order valence-corrected chi connectivity index (χ0v) is 13.9. The van der Waals surface area contributed by atoms with Crippen LogP contribution in [0.5, 0.6) is 11.5 Å². The molecule has 1 aliphatic rings. The molecule has 2 aromatic rings. The molecule has 0 aliphatic carbocycles. The van der Waals surface area contributed by atoms with Crippen LogP contribution in [0.4, 0.5) is 5.69 Å². The van der Waals surface area contributed by atoms with E-state index in [1.807, 2.05) is 18.2 Å². The molecule has 5 heteroatoms. The van der Waals surface area contributed by atoms with E-state index in [-0.39, 0.29) is 5.91 Å². The van der Waals surface area contributed by atoms with Crippen LogP contribution in [0.25, 0.3) is 0 Å². The molecular weight excluding hydrogens is 314 g/mol. The molecule has 0 atom stereocenters. The minimum absolute atomic E-state index is 0.0833. The van der Waals surface area contributed by atoms with Crippen molar-refractivity contribution in [3.05, 3.63) is 52.5 Å². The number of amides is 1. The van der Waals surface area contributed by atoms with Crippen LogP contribution < -0.4 is 14.4 Å². The summed E-state index contributed by atoms with van der Waals surface area (Å²) in [6.45, 7) is 0.696. The number of carbonyl (C=O) groups excluding carboxylic acids is 1. The molecule has 1 amide bonds. The summed E-state index contributed by atoms with van der Waals surface area (Å²) in [6, 6.07) is 11.3. The second-order valence-electron chi connectivity index (χ2n) is 5.38. The first-order chi connectivity index (χ1) is 11.2. The Balaban J connectivity index is 2.00. The standard InChI is InChI=1S/C18H18ClNO3/c1-22-16-11-13(10-14(19)17(16)23-2)18(21)20-9-5-7-12-6-3-4-8-15(12)20/h3-4,6,8,10-11H,5,7,9H2,1-2H3. The minimum Gasteiger partial charge on any atom is -0.493 e. The first kappa shape index (κ1) is 15.7. The summed E-state index contributed by atoms with van der Waals surface area (Å²) >= 11 is 6.22. The number of aryl methyl sites for hydroxylation is 1. The van der Waals surface area contributed by atoms with Gasteiger partial charge in [0.15, 0.2) is 11.5 Å². The SMILES string of the molecule is COc1cc(C(=O)N2CCCc3ccccc32)cc(Cl)c1OC. The molecule has 0 saturated heterocycles. The fourth-order valence-corrected chi connectivity index (χ4v) is 3.23. The number of nitrogens with zero attached hydrogens (tertiary/aromatic N) is 1. The molecule has 0 spiro atoms. The maximum atomic E-state index is 13.0. The van der Waals surface area contributed by atoms with E-state index in [4.69, 9.17) is 21.1 Å². The third-order valence-corrected chi connectivity index (χ3v) is 4.32. The monoisotopic (exact) mass is 331 g/mol. The van der Waals surface area contributed by atoms with E-state index in [2.05, 4.69) is 6.07 Å². The highest BCUT2D eigenvalue weighted by Crippen LogP contribution is 2.37. The van der Waals surface area contributed by atoms with E-state index in [1.165, 1.54) is 19.8 Å². The van der Waals surface area contributed by atoms with Gasteiger partial charge in [0.05, 0.1) is 19.2 Å². The Morgan fingerprint density at radius 3 is 2.70 bits per heavy atom. The molecule has 2 aromatic carbocycles. The quantitative estimate of drug-likeness (QED) is 0.854. The van der Waals surface area contributed by atoms with Crippen molar-refractivity contribution in [1.82, 2.24) is 0 Å². The summed E-state index contributed by atoms with van der Waals surface area (Å²) in [7, 11) is 3.05. The smallest absolute Gasteiger partial charge is 0.258 e. The van der Waals surface area contributed by atoms with Crippen molar-refractivity contribution < 1.29 is 14.3 Å². The highest BCUT2D eigenvalue weighted by Gasteiger charge is 2.25. The van der Waals surface area contributed by atoms with Crippen LogP contribution >= 0.6 is 11.6 Å². The van der Waals surface area contributed by atoms with Crippen molar-refractivity contribution in [2.75, 3.05) is 25.7 Å². The number of carbonyl (C=O) groups is 1. The lowest BCUT2D eigenvalue weighted by molar-refractivity contribution is 0.0984. The third-order valence-electron chi connectivity index (χ3n) is 4.04. The van der Waals surface area contributed by atoms with Crippen molar-refractivity contribution >= 4 is 23.2 Å². The van der Waals surface area contributed by atoms with Crippen LogP contribution in [-0.4, -0.2) is 26.7 Å². The van der Waals surface area contributed by atoms with Crippen LogP contribution in [0.2, 0.25) is 5.02 Å². The van der Waals surface area contributed by atoms with Gasteiger partial charge in [-0.1, -0.05) is 29.8 Å². The fraction of sp³-hybridized carbons (Fsp3) is 0.278. The molecule has 120 valence electrons. The van der Waals surface area contributed by atoms with E-state index < -0.39 is 0 Å². The Morgan fingerprint density at radius 1 is 1.17 bits per heavy atom. The van der Waals surface area contributed by atoms with Crippen LogP contribution in [0.3, 0.4) is 0 Å². The Bertz CT molecular complexity index is 745. The molecule has 0 saturated carbocycles. The summed E-state index contributed by atoms with van der Waals surface area (Å²) in [5.41, 5.74) is 2.65. The van der Waals surface area contributed by atoms with Crippen LogP contribution in [0.15, 0.2) is 36.4 Å². The number of para-hydroxylation sites is 1. The summed E-state index contributed by atoms with van der Waals surface area (Å²) in [6.07, 6.45) is 1.94. The summed E-state index contributed by atoms with van der Waals surface area (Å²) in [5, 5.41) is 0.362. The molecular formula is C18H18ClNO3. The maximum absolute atomic E-state index is 13.0. The van der Waals surface area contributed by atoms with Crippen molar-refractivity contribution in [3.63, 3.8) is 0 Å². The number of anilines is 1. The number of hydrogen-bond donors (Lipinski definition) is 0. The molecule has 0 aromatic heterocycles. The molecule has 0 radical (unpaired) electrons. The molecule has 0 bridgehead atoms. The Hall–Kier alpha value is -2.20. The molecule has 4 nitrogen and oxygen atoms in total. The molecule has 1 heterocycles. The second kappa shape index (κ2) is 6.50. The molecule has 1 aliphatic heterocycles. The molecule has 0 unspecified atom stereocenters. The number of benzene rings is 2. The zero-order valence-electron chi connectivity index (χ0n) is 13.1. The topological polar surface area (TPSA) is 38.8 Å². The number of ether oxygens (including phenoxy) is 2. The predicted octanol–water partition coefficient (Wildman–Crippen LogP) is 3.95. The largest absolute Gasteiger partial charge is 0.493 e. The van der Waals surface area contributed by atoms with Crippen LogP contribution in [0, 0.1) is 0 Å². The van der Waals surface area contributed by atoms with Crippen molar-refractivity contribution in [2.45, 2.75) is 12.8 Å². The number of fused-ring (bicyclic) bond motifs is 1. The number of methoxy groups -OCH3 is 2. The van der Waals surface area contributed by atoms with Gasteiger partial charge in [0, 0.05) is 17.8 Å². The maximum Gasteiger partial charge on any atom is 0.258 e. The number of rotatable bonds is 3. The summed E-state index contributed by atoms with van der Waals surface area (Å²) in [5.74, 6) is 0.804. The van der Waals surface area contributed by atoms with Gasteiger partial charge >= 0.3 is 0 Å². The fourth-order valence-electron chi connectivity index (χ4n) is 2.94. The first-order valence-electron chi connectivity index (χ1n) is 7.47. The Morgan fingerprint density at radius 2 is 1.96 bits per heavy atom. The third kappa shape index (κ3) is 2.86. The van der Waals surface area contributed by atoms with Gasteiger partial charge in [-0.15, -0.1) is 0 Å². The lowest BCUT2D eigenvalue weighted by Crippen LogP contribution is -2.35. The molecule has 23 heavy (non-hydrogen) atoms. The van der Waals surface area contributed by atoms with Crippen molar-refractivity contribution in [2.24, 2.45) is 0 Å². The number of halogens is 1. The van der Waals surface area contributed by atoms with Gasteiger partial charge in [-0.2, -0.15) is 0 Å². The van der Waals surface area contributed by atoms with Gasteiger partial charge in [-0.05, 0) is 36.6 Å². The van der Waals surface area contributed by atoms with E-state index in [0.717, 1.165) is 18.5 Å². The van der Waals surface area contributed by atoms with Gasteiger partial charge in [-0.25, -0.2) is 0 Å². The van der Waals surface area contributed by atoms with Gasteiger partial charge in [0.25, 0.3) is 5.91 Å². The van der Waals surface area contributed by atoms with E-state index >= 15 is 0 Å². The van der Waals surface area contributed by atoms with Crippen LogP contribution in [-0.2, 0) is 6.42 Å². The van der Waals surface area contributed by atoms with E-state index in [0.29, 0.717) is 28.6 Å². The zero-order chi connectivity index (χ0) is 16.4. The highest BCUT2D eigenvalue weighted by molar-refractivity contribution is 6.32. The first-order valence-corrected chi connectivity index (χ1v) is 7.84. The second-order valence-corrected chi connectivity index (χ2v) is 5.79. The Kier molecular flexibility index (Phi) is 4.44. The Labute approximate surface area is 140 Å².